The maximum atomic E-state index is 12.4. The van der Waals surface area contributed by atoms with Crippen molar-refractivity contribution in [3.63, 3.8) is 0 Å². The Hall–Kier alpha value is -3.13. The highest BCUT2D eigenvalue weighted by molar-refractivity contribution is 7.99. The van der Waals surface area contributed by atoms with E-state index in [0.29, 0.717) is 12.3 Å². The molecule has 156 valence electrons. The summed E-state index contributed by atoms with van der Waals surface area (Å²) in [5.74, 6) is -1.67. The Morgan fingerprint density at radius 1 is 1.03 bits per heavy atom. The minimum atomic E-state index is -1.12. The minimum absolute atomic E-state index is 0.256. The molecule has 30 heavy (non-hydrogen) atoms. The Kier molecular flexibility index (Phi) is 6.89. The van der Waals surface area contributed by atoms with Crippen LogP contribution in [0.4, 0.5) is 0 Å². The van der Waals surface area contributed by atoms with Gasteiger partial charge in [-0.3, -0.25) is 19.3 Å². The average Bonchev–Trinajstić information content (AvgIpc) is 3.00. The number of nitrogens with zero attached hydrogens (tertiary/aromatic N) is 1. The van der Waals surface area contributed by atoms with E-state index in [1.54, 1.807) is 23.9 Å². The van der Waals surface area contributed by atoms with Gasteiger partial charge in [-0.05, 0) is 38.1 Å². The second kappa shape index (κ2) is 9.58. The number of hydrogen-bond acceptors (Lipinski definition) is 6. The van der Waals surface area contributed by atoms with Crippen LogP contribution in [0.3, 0.4) is 0 Å². The molecule has 0 aliphatic carbocycles. The molecule has 0 spiro atoms. The molecule has 1 atom stereocenters. The van der Waals surface area contributed by atoms with Gasteiger partial charge in [0.05, 0.1) is 11.1 Å². The van der Waals surface area contributed by atoms with Crippen LogP contribution in [-0.4, -0.2) is 53.5 Å². The second-order valence-electron chi connectivity index (χ2n) is 6.82. The van der Waals surface area contributed by atoms with E-state index in [4.69, 9.17) is 4.74 Å². The lowest BCUT2D eigenvalue weighted by Crippen LogP contribution is -2.44. The number of nitrogens with one attached hydrogen (secondary N) is 1. The van der Waals surface area contributed by atoms with Crippen LogP contribution in [0.2, 0.25) is 0 Å². The molecule has 0 fully saturated rings. The summed E-state index contributed by atoms with van der Waals surface area (Å²) >= 11 is 1.61. The molecule has 0 radical (unpaired) electrons. The van der Waals surface area contributed by atoms with Crippen molar-refractivity contribution in [1.82, 2.24) is 10.2 Å². The predicted octanol–water partition coefficient (Wildman–Crippen LogP) is 2.43. The fraction of sp³-hybridized carbons (Fsp3) is 0.273. The lowest BCUT2D eigenvalue weighted by molar-refractivity contribution is -0.151. The van der Waals surface area contributed by atoms with E-state index in [-0.39, 0.29) is 11.1 Å². The fourth-order valence-corrected chi connectivity index (χ4v) is 3.74. The molecule has 1 aliphatic rings. The molecule has 0 saturated heterocycles. The quantitative estimate of drug-likeness (QED) is 0.302. The van der Waals surface area contributed by atoms with Crippen LogP contribution in [0, 0.1) is 6.92 Å². The van der Waals surface area contributed by atoms with Crippen molar-refractivity contribution in [2.45, 2.75) is 24.8 Å². The number of rotatable bonds is 8. The van der Waals surface area contributed by atoms with E-state index in [2.05, 4.69) is 5.32 Å². The zero-order valence-electron chi connectivity index (χ0n) is 16.7. The first kappa shape index (κ1) is 21.6. The second-order valence-corrected chi connectivity index (χ2v) is 7.99. The zero-order chi connectivity index (χ0) is 21.7. The average molecular weight is 426 g/mol. The molecule has 1 heterocycles. The molecule has 0 aromatic heterocycles. The molecule has 3 amide bonds. The SMILES string of the molecule is Cc1ccc(SCCNC(=O)COC(=O)C(C)N2C(=O)c3ccccc3C2=O)cc1. The smallest absolute Gasteiger partial charge is 0.329 e. The van der Waals surface area contributed by atoms with Crippen molar-refractivity contribution in [3.05, 3.63) is 65.2 Å². The van der Waals surface area contributed by atoms with Gasteiger partial charge in [0.25, 0.3) is 17.7 Å². The van der Waals surface area contributed by atoms with Gasteiger partial charge in [-0.2, -0.15) is 0 Å². The van der Waals surface area contributed by atoms with Crippen LogP contribution >= 0.6 is 11.8 Å². The van der Waals surface area contributed by atoms with Gasteiger partial charge in [-0.15, -0.1) is 11.8 Å². The monoisotopic (exact) mass is 426 g/mol. The van der Waals surface area contributed by atoms with Crippen LogP contribution in [0.1, 0.15) is 33.2 Å². The molecule has 1 unspecified atom stereocenters. The first-order chi connectivity index (χ1) is 14.4. The molecule has 0 saturated carbocycles. The van der Waals surface area contributed by atoms with E-state index in [0.717, 1.165) is 9.80 Å². The van der Waals surface area contributed by atoms with Gasteiger partial charge in [-0.25, -0.2) is 4.79 Å². The molecule has 8 heteroatoms. The van der Waals surface area contributed by atoms with Gasteiger partial charge >= 0.3 is 5.97 Å². The van der Waals surface area contributed by atoms with Crippen molar-refractivity contribution in [2.75, 3.05) is 18.9 Å². The van der Waals surface area contributed by atoms with Gasteiger partial charge in [0.2, 0.25) is 0 Å². The first-order valence-electron chi connectivity index (χ1n) is 9.48. The molecular weight excluding hydrogens is 404 g/mol. The summed E-state index contributed by atoms with van der Waals surface area (Å²) in [6.45, 7) is 3.37. The van der Waals surface area contributed by atoms with Crippen LogP contribution < -0.4 is 5.32 Å². The summed E-state index contributed by atoms with van der Waals surface area (Å²) in [6.07, 6.45) is 0. The number of benzene rings is 2. The predicted molar refractivity (Wildman–Crippen MR) is 112 cm³/mol. The highest BCUT2D eigenvalue weighted by atomic mass is 32.2. The van der Waals surface area contributed by atoms with Crippen LogP contribution in [0.5, 0.6) is 0 Å². The van der Waals surface area contributed by atoms with Gasteiger partial charge < -0.3 is 10.1 Å². The summed E-state index contributed by atoms with van der Waals surface area (Å²) in [6, 6.07) is 13.3. The normalized spacial score (nSPS) is 13.7. The zero-order valence-corrected chi connectivity index (χ0v) is 17.5. The maximum absolute atomic E-state index is 12.4. The molecule has 2 aromatic carbocycles. The highest BCUT2D eigenvalue weighted by Gasteiger charge is 2.41. The molecule has 2 aromatic rings. The van der Waals surface area contributed by atoms with Crippen molar-refractivity contribution in [1.29, 1.82) is 0 Å². The number of esters is 1. The third-order valence-electron chi connectivity index (χ3n) is 4.61. The molecule has 7 nitrogen and oxygen atoms in total. The van der Waals surface area contributed by atoms with E-state index < -0.39 is 36.3 Å². The number of aryl methyl sites for hydroxylation is 1. The van der Waals surface area contributed by atoms with E-state index in [9.17, 15) is 19.2 Å². The Morgan fingerprint density at radius 2 is 1.63 bits per heavy atom. The van der Waals surface area contributed by atoms with E-state index in [1.807, 2.05) is 31.2 Å². The summed E-state index contributed by atoms with van der Waals surface area (Å²) in [5.41, 5.74) is 1.70. The fourth-order valence-electron chi connectivity index (χ4n) is 2.97. The third-order valence-corrected chi connectivity index (χ3v) is 5.63. The number of thioether (sulfide) groups is 1. The summed E-state index contributed by atoms with van der Waals surface area (Å²) in [5, 5.41) is 2.68. The summed E-state index contributed by atoms with van der Waals surface area (Å²) in [7, 11) is 0. The molecule has 1 aliphatic heterocycles. The number of ether oxygens (including phenoxy) is 1. The Balaban J connectivity index is 1.41. The number of hydrogen-bond donors (Lipinski definition) is 1. The number of amides is 3. The topological polar surface area (TPSA) is 92.8 Å². The van der Waals surface area contributed by atoms with Gasteiger partial charge in [-0.1, -0.05) is 29.8 Å². The van der Waals surface area contributed by atoms with Crippen LogP contribution in [-0.2, 0) is 14.3 Å². The Bertz CT molecular complexity index is 939. The number of fused-ring (bicyclic) bond motifs is 1. The summed E-state index contributed by atoms with van der Waals surface area (Å²) in [4.78, 5) is 51.0. The Labute approximate surface area is 178 Å². The lowest BCUT2D eigenvalue weighted by Gasteiger charge is -2.20. The van der Waals surface area contributed by atoms with Crippen molar-refractivity contribution < 1.29 is 23.9 Å². The molecule has 3 rings (SSSR count). The van der Waals surface area contributed by atoms with Crippen molar-refractivity contribution in [2.24, 2.45) is 0 Å². The number of carbonyl (C=O) groups excluding carboxylic acids is 4. The molecule has 0 bridgehead atoms. The lowest BCUT2D eigenvalue weighted by atomic mass is 10.1. The van der Waals surface area contributed by atoms with E-state index in [1.165, 1.54) is 24.6 Å². The standard InChI is InChI=1S/C22H22N2O5S/c1-14-7-9-16(10-8-14)30-12-11-23-19(25)13-29-22(28)15(2)24-20(26)17-5-3-4-6-18(17)21(24)27/h3-10,15H,11-13H2,1-2H3,(H,23,25). The van der Waals surface area contributed by atoms with Gasteiger partial charge in [0.15, 0.2) is 6.61 Å². The van der Waals surface area contributed by atoms with Crippen molar-refractivity contribution in [3.8, 4) is 0 Å². The first-order valence-corrected chi connectivity index (χ1v) is 10.5. The number of carbonyl (C=O) groups is 4. The highest BCUT2D eigenvalue weighted by Crippen LogP contribution is 2.24. The van der Waals surface area contributed by atoms with Gasteiger partial charge in [0, 0.05) is 17.2 Å². The molecular formula is C22H22N2O5S. The van der Waals surface area contributed by atoms with E-state index >= 15 is 0 Å². The Morgan fingerprint density at radius 3 is 2.23 bits per heavy atom. The molecule has 1 N–H and O–H groups in total. The summed E-state index contributed by atoms with van der Waals surface area (Å²) < 4.78 is 5.00. The van der Waals surface area contributed by atoms with Gasteiger partial charge in [0.1, 0.15) is 6.04 Å². The number of imide groups is 1. The van der Waals surface area contributed by atoms with Crippen molar-refractivity contribution >= 4 is 35.5 Å². The van der Waals surface area contributed by atoms with Crippen LogP contribution in [0.15, 0.2) is 53.4 Å². The largest absolute Gasteiger partial charge is 0.454 e. The maximum Gasteiger partial charge on any atom is 0.329 e. The minimum Gasteiger partial charge on any atom is -0.454 e. The third kappa shape index (κ3) is 4.88. The van der Waals surface area contributed by atoms with Crippen LogP contribution in [0.25, 0.3) is 0 Å².